The van der Waals surface area contributed by atoms with Crippen molar-refractivity contribution in [3.8, 4) is 39.5 Å². The van der Waals surface area contributed by atoms with Crippen LogP contribution in [0.15, 0.2) is 237 Å². The van der Waals surface area contributed by atoms with Gasteiger partial charge < -0.3 is 30.9 Å². The van der Waals surface area contributed by atoms with Gasteiger partial charge in [0.15, 0.2) is 0 Å². The summed E-state index contributed by atoms with van der Waals surface area (Å²) in [6.07, 6.45) is 3.39. The number of fused-ring (bicyclic) bond motifs is 4. The van der Waals surface area contributed by atoms with Gasteiger partial charge in [-0.2, -0.15) is 0 Å². The Hall–Kier alpha value is -12.6. The van der Waals surface area contributed by atoms with Gasteiger partial charge in [-0.1, -0.05) is 84.9 Å². The number of benzene rings is 8. The van der Waals surface area contributed by atoms with Crippen LogP contribution in [0.4, 0.5) is 17.1 Å². The number of carbonyl (C=O) groups is 7. The van der Waals surface area contributed by atoms with Crippen molar-refractivity contribution in [1.29, 1.82) is 0 Å². The summed E-state index contributed by atoms with van der Waals surface area (Å²) >= 11 is 0. The van der Waals surface area contributed by atoms with Crippen LogP contribution < -0.4 is 26.0 Å². The first-order chi connectivity index (χ1) is 44.6. The summed E-state index contributed by atoms with van der Waals surface area (Å²) in [5, 5.41) is 13.5. The highest BCUT2D eigenvalue weighted by Crippen LogP contribution is 2.31. The Balaban J connectivity index is 0.000000142. The molecule has 5 heterocycles. The fourth-order valence-electron chi connectivity index (χ4n) is 10.3. The first-order valence-electron chi connectivity index (χ1n) is 29.0. The van der Waals surface area contributed by atoms with E-state index in [0.717, 1.165) is 54.8 Å². The van der Waals surface area contributed by atoms with Crippen LogP contribution in [0.5, 0.6) is 5.75 Å². The molecule has 4 N–H and O–H groups in total. The predicted octanol–water partition coefficient (Wildman–Crippen LogP) is 13.2. The van der Waals surface area contributed by atoms with E-state index in [2.05, 4.69) is 26.3 Å². The van der Waals surface area contributed by atoms with Crippen molar-refractivity contribution in [1.82, 2.24) is 35.1 Å². The van der Waals surface area contributed by atoms with E-state index in [-0.39, 0.29) is 46.9 Å². The molecule has 0 fully saturated rings. The van der Waals surface area contributed by atoms with Crippen molar-refractivity contribution in [2.24, 2.45) is 0 Å². The Morgan fingerprint density at radius 1 is 0.424 bits per heavy atom. The Morgan fingerprint density at radius 3 is 1.28 bits per heavy atom. The zero-order valence-corrected chi connectivity index (χ0v) is 50.5. The van der Waals surface area contributed by atoms with E-state index >= 15 is 0 Å². The number of nitrogens with one attached hydrogen (secondary N) is 4. The smallest absolute Gasteiger partial charge is 0.261 e. The number of hydrogen-bond acceptors (Lipinski definition) is 12. The van der Waals surface area contributed by atoms with E-state index in [1.165, 1.54) is 18.0 Å². The summed E-state index contributed by atoms with van der Waals surface area (Å²) in [4.78, 5) is 108. The lowest BCUT2D eigenvalue weighted by molar-refractivity contribution is 0.0691. The van der Waals surface area contributed by atoms with Crippen molar-refractivity contribution in [2.75, 3.05) is 51.3 Å². The molecule has 4 aromatic heterocycles. The minimum absolute atomic E-state index is 0.0880. The molecular formula is C74H58N10O8. The van der Waals surface area contributed by atoms with E-state index in [9.17, 15) is 33.6 Å². The summed E-state index contributed by atoms with van der Waals surface area (Å²) in [7, 11) is 8.02. The number of methoxy groups -OCH3 is 1. The van der Waals surface area contributed by atoms with E-state index < -0.39 is 0 Å². The Morgan fingerprint density at radius 2 is 0.826 bits per heavy atom. The van der Waals surface area contributed by atoms with Gasteiger partial charge in [-0.05, 0) is 140 Å². The average molecular weight is 1220 g/mol. The molecule has 1 aliphatic heterocycles. The highest BCUT2D eigenvalue weighted by Gasteiger charge is 2.33. The highest BCUT2D eigenvalue weighted by molar-refractivity contribution is 6.22. The lowest BCUT2D eigenvalue weighted by Crippen LogP contribution is -2.24. The van der Waals surface area contributed by atoms with Crippen molar-refractivity contribution in [3.63, 3.8) is 0 Å². The maximum absolute atomic E-state index is 13.3. The molecule has 92 heavy (non-hydrogen) atoms. The second kappa shape index (κ2) is 27.2. The van der Waals surface area contributed by atoms with Crippen LogP contribution >= 0.6 is 0 Å². The number of anilines is 3. The Kier molecular flexibility index (Phi) is 18.1. The van der Waals surface area contributed by atoms with Gasteiger partial charge in [0.05, 0.1) is 68.6 Å². The molecule has 0 bridgehead atoms. The molecule has 0 spiro atoms. The third-order valence-corrected chi connectivity index (χ3v) is 15.1. The number of nitrogens with zero attached hydrogens (tertiary/aromatic N) is 6. The lowest BCUT2D eigenvalue weighted by atomic mass is 10.0. The zero-order chi connectivity index (χ0) is 64.4. The molecule has 0 atom stereocenters. The van der Waals surface area contributed by atoms with E-state index in [1.807, 2.05) is 146 Å². The normalized spacial score (nSPS) is 11.3. The molecular weight excluding hydrogens is 1160 g/mol. The molecule has 18 heteroatoms. The summed E-state index contributed by atoms with van der Waals surface area (Å²) in [6, 6.07) is 67.2. The molecule has 18 nitrogen and oxygen atoms in total. The standard InChI is InChI=1S/C26H19N3O4.C24H20N4O2.C24H19N3O2/c1-29-25(31)19-12-9-16(13-21(19)26(29)32)27-24(30)20-14-23(15-7-10-17(33-2)11-8-15)28-22-6-4-3-5-18(20)22;1-28(2)24(30)17-7-9-18(10-8-17)26-23(29)20-15-22(16-11-13-25-14-12-16)27-21-6-4-3-5-19(20)21;1-25-23(28)17-11-13-18(14-12-17)26-24(29)20-15-22(16-7-3-2-4-8-16)27-21-10-6-5-9-19(20)21/h3-14H,1-2H3,(H,27,30);3-15H,1-2H3,(H,26,29);2-15H,1H3,(H,25,28)(H,26,29). The Labute approximate surface area is 528 Å². The van der Waals surface area contributed by atoms with Crippen LogP contribution in [0.1, 0.15) is 72.5 Å². The number of pyridine rings is 4. The number of aromatic nitrogens is 4. The van der Waals surface area contributed by atoms with Crippen molar-refractivity contribution in [3.05, 3.63) is 276 Å². The SMILES string of the molecule is CN(C)C(=O)c1ccc(NC(=O)c2cc(-c3ccncc3)nc3ccccc23)cc1.CNC(=O)c1ccc(NC(=O)c2cc(-c3ccccc3)nc3ccccc23)cc1.COc1ccc(-c2cc(C(=O)Nc3ccc4c(c3)C(=O)N(C)C4=O)c3ccccc3n2)cc1. The molecule has 0 aliphatic carbocycles. The minimum Gasteiger partial charge on any atom is -0.497 e. The van der Waals surface area contributed by atoms with Gasteiger partial charge in [0.25, 0.3) is 41.4 Å². The van der Waals surface area contributed by atoms with Gasteiger partial charge in [0.2, 0.25) is 0 Å². The van der Waals surface area contributed by atoms with E-state index in [1.54, 1.807) is 113 Å². The molecule has 13 rings (SSSR count). The largest absolute Gasteiger partial charge is 0.497 e. The predicted molar refractivity (Wildman–Crippen MR) is 357 cm³/mol. The van der Waals surface area contributed by atoms with Gasteiger partial charge in [-0.3, -0.25) is 43.4 Å². The number of carbonyl (C=O) groups excluding carboxylic acids is 7. The van der Waals surface area contributed by atoms with Crippen LogP contribution in [-0.4, -0.2) is 106 Å². The van der Waals surface area contributed by atoms with Gasteiger partial charge in [0.1, 0.15) is 5.75 Å². The summed E-state index contributed by atoms with van der Waals surface area (Å²) in [6.45, 7) is 0. The fourth-order valence-corrected chi connectivity index (χ4v) is 10.3. The number of amides is 7. The molecule has 12 aromatic rings. The monoisotopic (exact) mass is 1210 g/mol. The summed E-state index contributed by atoms with van der Waals surface area (Å²) in [5.41, 5.74) is 11.8. The van der Waals surface area contributed by atoms with E-state index in [4.69, 9.17) is 19.7 Å². The molecule has 7 amide bonds. The molecule has 8 aromatic carbocycles. The van der Waals surface area contributed by atoms with Crippen LogP contribution in [0.25, 0.3) is 66.5 Å². The van der Waals surface area contributed by atoms with Gasteiger partial charge >= 0.3 is 0 Å². The average Bonchev–Trinajstić information content (AvgIpc) is 1.16. The number of ether oxygens (including phenoxy) is 1. The van der Waals surface area contributed by atoms with Crippen LogP contribution in [0.3, 0.4) is 0 Å². The second-order valence-corrected chi connectivity index (χ2v) is 21.3. The van der Waals surface area contributed by atoms with Crippen molar-refractivity contribution < 1.29 is 38.3 Å². The molecule has 0 unspecified atom stereocenters. The molecule has 0 saturated carbocycles. The second-order valence-electron chi connectivity index (χ2n) is 21.3. The van der Waals surface area contributed by atoms with Crippen LogP contribution in [0, 0.1) is 0 Å². The molecule has 452 valence electrons. The van der Waals surface area contributed by atoms with Gasteiger partial charge in [0, 0.05) is 102 Å². The maximum Gasteiger partial charge on any atom is 0.261 e. The van der Waals surface area contributed by atoms with E-state index in [0.29, 0.717) is 72.7 Å². The number of para-hydroxylation sites is 3. The summed E-state index contributed by atoms with van der Waals surface area (Å²) in [5.74, 6) is -1.07. The Bertz CT molecular complexity index is 4820. The zero-order valence-electron chi connectivity index (χ0n) is 50.5. The third kappa shape index (κ3) is 13.4. The van der Waals surface area contributed by atoms with Crippen LogP contribution in [-0.2, 0) is 0 Å². The van der Waals surface area contributed by atoms with Gasteiger partial charge in [-0.15, -0.1) is 0 Å². The van der Waals surface area contributed by atoms with Crippen LogP contribution in [0.2, 0.25) is 0 Å². The number of hydrogen-bond donors (Lipinski definition) is 4. The number of imide groups is 1. The highest BCUT2D eigenvalue weighted by atomic mass is 16.5. The minimum atomic E-state index is -0.387. The topological polar surface area (TPSA) is 235 Å². The lowest BCUT2D eigenvalue weighted by Gasteiger charge is -2.12. The number of rotatable bonds is 12. The van der Waals surface area contributed by atoms with Crippen molar-refractivity contribution in [2.45, 2.75) is 0 Å². The first-order valence-corrected chi connectivity index (χ1v) is 29.0. The molecule has 0 saturated heterocycles. The molecule has 1 aliphatic rings. The molecule has 0 radical (unpaired) electrons. The fraction of sp³-hybridized carbons (Fsp3) is 0.0676. The van der Waals surface area contributed by atoms with Crippen molar-refractivity contribution >= 4 is 91.1 Å². The maximum atomic E-state index is 13.3. The van der Waals surface area contributed by atoms with Gasteiger partial charge in [-0.25, -0.2) is 15.0 Å². The third-order valence-electron chi connectivity index (χ3n) is 15.1. The quantitative estimate of drug-likeness (QED) is 0.0836. The first kappa shape index (κ1) is 61.1. The summed E-state index contributed by atoms with van der Waals surface area (Å²) < 4.78 is 5.22.